The summed E-state index contributed by atoms with van der Waals surface area (Å²) in [5, 5.41) is 11.8. The number of nitrogens with one attached hydrogen (secondary N) is 1. The molecule has 1 aliphatic rings. The summed E-state index contributed by atoms with van der Waals surface area (Å²) < 4.78 is 8.07. The van der Waals surface area contributed by atoms with Crippen LogP contribution in [0.15, 0.2) is 36.7 Å². The summed E-state index contributed by atoms with van der Waals surface area (Å²) in [7, 11) is 1.90. The Bertz CT molecular complexity index is 1050. The minimum absolute atomic E-state index is 0.0559. The van der Waals surface area contributed by atoms with Crippen LogP contribution in [0.1, 0.15) is 18.9 Å². The third kappa shape index (κ3) is 3.22. The van der Waals surface area contributed by atoms with Gasteiger partial charge in [-0.15, -0.1) is 0 Å². The molecule has 0 saturated carbocycles. The second kappa shape index (κ2) is 6.72. The molecule has 1 N–H and O–H groups in total. The van der Waals surface area contributed by atoms with Crippen LogP contribution in [0.25, 0.3) is 22.3 Å². The van der Waals surface area contributed by atoms with E-state index in [4.69, 9.17) is 15.0 Å². The van der Waals surface area contributed by atoms with E-state index in [1.807, 2.05) is 36.7 Å². The monoisotopic (exact) mass is 361 g/mol. The molecule has 0 bridgehead atoms. The van der Waals surface area contributed by atoms with Crippen molar-refractivity contribution >= 4 is 16.9 Å². The molecule has 1 fully saturated rings. The molecule has 0 radical (unpaired) electrons. The summed E-state index contributed by atoms with van der Waals surface area (Å²) in [6, 6.07) is 11.3. The van der Waals surface area contributed by atoms with Gasteiger partial charge in [-0.2, -0.15) is 5.26 Å². The van der Waals surface area contributed by atoms with Crippen LogP contribution in [0.5, 0.6) is 5.88 Å². The van der Waals surface area contributed by atoms with Gasteiger partial charge in [0.2, 0.25) is 11.8 Å². The number of rotatable bonds is 4. The largest absolute Gasteiger partial charge is 0.473 e. The number of carbonyl (C=O) groups excluding carboxylic acids is 1. The number of hydrogen-bond acceptors (Lipinski definition) is 5. The van der Waals surface area contributed by atoms with Gasteiger partial charge in [-0.25, -0.2) is 9.97 Å². The molecule has 1 aromatic carbocycles. The molecule has 7 heteroatoms. The highest BCUT2D eigenvalue weighted by Crippen LogP contribution is 2.30. The number of amides is 1. The standard InChI is InChI=1S/C20H19N5O2/c1-12(15-7-18(26)22-10-15)27-20-19-17(23-11-25(19)2)8-16(24-20)14-5-3-13(9-21)4-6-14/h3-6,8,11-12,15H,7,10H2,1-2H3,(H,22,26)/t12-,15?/m1/s1. The zero-order valence-electron chi connectivity index (χ0n) is 15.1. The zero-order chi connectivity index (χ0) is 19.0. The Morgan fingerprint density at radius 1 is 1.37 bits per heavy atom. The molecule has 0 aliphatic carbocycles. The van der Waals surface area contributed by atoms with Crippen molar-refractivity contribution in [2.45, 2.75) is 19.4 Å². The van der Waals surface area contributed by atoms with Crippen LogP contribution < -0.4 is 10.1 Å². The Labute approximate surface area is 156 Å². The van der Waals surface area contributed by atoms with Gasteiger partial charge in [-0.1, -0.05) is 12.1 Å². The summed E-state index contributed by atoms with van der Waals surface area (Å²) in [5.41, 5.74) is 3.82. The van der Waals surface area contributed by atoms with E-state index in [-0.39, 0.29) is 17.9 Å². The van der Waals surface area contributed by atoms with E-state index < -0.39 is 0 Å². The number of hydrogen-bond donors (Lipinski definition) is 1. The van der Waals surface area contributed by atoms with Gasteiger partial charge < -0.3 is 14.6 Å². The highest BCUT2D eigenvalue weighted by atomic mass is 16.5. The second-order valence-electron chi connectivity index (χ2n) is 6.82. The van der Waals surface area contributed by atoms with Crippen LogP contribution in [0.2, 0.25) is 0 Å². The van der Waals surface area contributed by atoms with Gasteiger partial charge in [0.25, 0.3) is 0 Å². The topological polar surface area (TPSA) is 92.8 Å². The zero-order valence-corrected chi connectivity index (χ0v) is 15.1. The SMILES string of the molecule is C[C@@H](Oc1nc(-c2ccc(C#N)cc2)cc2ncn(C)c12)C1CNC(=O)C1. The first kappa shape index (κ1) is 17.0. The number of benzene rings is 1. The van der Waals surface area contributed by atoms with E-state index in [1.165, 1.54) is 0 Å². The minimum Gasteiger partial charge on any atom is -0.473 e. The van der Waals surface area contributed by atoms with E-state index in [2.05, 4.69) is 16.4 Å². The highest BCUT2D eigenvalue weighted by Gasteiger charge is 2.29. The Hall–Kier alpha value is -3.40. The molecule has 1 saturated heterocycles. The van der Waals surface area contributed by atoms with Crippen molar-refractivity contribution < 1.29 is 9.53 Å². The molecule has 1 aliphatic heterocycles. The highest BCUT2D eigenvalue weighted by molar-refractivity contribution is 5.84. The first-order valence-corrected chi connectivity index (χ1v) is 8.81. The van der Waals surface area contributed by atoms with Crippen molar-refractivity contribution in [2.24, 2.45) is 13.0 Å². The van der Waals surface area contributed by atoms with Crippen LogP contribution in [-0.4, -0.2) is 33.1 Å². The average Bonchev–Trinajstić information content (AvgIpc) is 3.28. The molecule has 4 rings (SSSR count). The quantitative estimate of drug-likeness (QED) is 0.770. The lowest BCUT2D eigenvalue weighted by Gasteiger charge is -2.20. The van der Waals surface area contributed by atoms with Crippen molar-refractivity contribution in [1.29, 1.82) is 5.26 Å². The maximum Gasteiger partial charge on any atom is 0.241 e. The van der Waals surface area contributed by atoms with E-state index in [0.29, 0.717) is 24.4 Å². The number of nitrogens with zero attached hydrogens (tertiary/aromatic N) is 4. The number of aryl methyl sites for hydroxylation is 1. The second-order valence-corrected chi connectivity index (χ2v) is 6.82. The lowest BCUT2D eigenvalue weighted by molar-refractivity contribution is -0.119. The van der Waals surface area contributed by atoms with Crippen LogP contribution >= 0.6 is 0 Å². The van der Waals surface area contributed by atoms with Crippen molar-refractivity contribution in [1.82, 2.24) is 19.9 Å². The van der Waals surface area contributed by atoms with Crippen LogP contribution in [0.4, 0.5) is 0 Å². The first-order valence-electron chi connectivity index (χ1n) is 8.81. The normalized spacial score (nSPS) is 17.5. The Morgan fingerprint density at radius 3 is 2.81 bits per heavy atom. The van der Waals surface area contributed by atoms with Crippen LogP contribution in [-0.2, 0) is 11.8 Å². The molecule has 1 amide bonds. The van der Waals surface area contributed by atoms with E-state index in [9.17, 15) is 4.79 Å². The Morgan fingerprint density at radius 2 is 2.15 bits per heavy atom. The van der Waals surface area contributed by atoms with E-state index in [1.54, 1.807) is 18.5 Å². The first-order chi connectivity index (χ1) is 13.0. The lowest BCUT2D eigenvalue weighted by Crippen LogP contribution is -2.26. The molecule has 3 heterocycles. The van der Waals surface area contributed by atoms with Gasteiger partial charge in [0, 0.05) is 31.5 Å². The van der Waals surface area contributed by atoms with Gasteiger partial charge in [0.1, 0.15) is 11.6 Å². The van der Waals surface area contributed by atoms with Gasteiger partial charge >= 0.3 is 0 Å². The number of ether oxygens (including phenoxy) is 1. The minimum atomic E-state index is -0.161. The van der Waals surface area contributed by atoms with Crippen molar-refractivity contribution in [3.05, 3.63) is 42.2 Å². The molecule has 1 unspecified atom stereocenters. The molecule has 27 heavy (non-hydrogen) atoms. The molecule has 7 nitrogen and oxygen atoms in total. The molecule has 2 aromatic heterocycles. The molecular formula is C20H19N5O2. The fourth-order valence-electron chi connectivity index (χ4n) is 3.32. The molecule has 2 atom stereocenters. The average molecular weight is 361 g/mol. The van der Waals surface area contributed by atoms with Crippen molar-refractivity contribution in [2.75, 3.05) is 6.54 Å². The smallest absolute Gasteiger partial charge is 0.241 e. The van der Waals surface area contributed by atoms with Gasteiger partial charge in [0.15, 0.2) is 0 Å². The van der Waals surface area contributed by atoms with E-state index in [0.717, 1.165) is 22.3 Å². The van der Waals surface area contributed by atoms with Gasteiger partial charge in [-0.3, -0.25) is 4.79 Å². The predicted molar refractivity (Wildman–Crippen MR) is 99.9 cm³/mol. The summed E-state index contributed by atoms with van der Waals surface area (Å²) in [6.07, 6.45) is 2.03. The van der Waals surface area contributed by atoms with E-state index >= 15 is 0 Å². The molecule has 136 valence electrons. The summed E-state index contributed by atoms with van der Waals surface area (Å²) in [6.45, 7) is 2.58. The van der Waals surface area contributed by atoms with Crippen LogP contribution in [0, 0.1) is 17.2 Å². The number of pyridine rings is 1. The Balaban J connectivity index is 1.72. The fraction of sp³-hybridized carbons (Fsp3) is 0.300. The number of carbonyl (C=O) groups is 1. The van der Waals surface area contributed by atoms with Crippen molar-refractivity contribution in [3.63, 3.8) is 0 Å². The number of imidazole rings is 1. The molecule has 0 spiro atoms. The van der Waals surface area contributed by atoms with Gasteiger partial charge in [-0.05, 0) is 25.1 Å². The lowest BCUT2D eigenvalue weighted by atomic mass is 10.0. The number of aromatic nitrogens is 3. The third-order valence-corrected chi connectivity index (χ3v) is 4.94. The number of fused-ring (bicyclic) bond motifs is 1. The molecular weight excluding hydrogens is 342 g/mol. The maximum absolute atomic E-state index is 11.5. The third-order valence-electron chi connectivity index (χ3n) is 4.94. The number of nitriles is 1. The van der Waals surface area contributed by atoms with Crippen molar-refractivity contribution in [3.8, 4) is 23.2 Å². The molecule has 3 aromatic rings. The summed E-state index contributed by atoms with van der Waals surface area (Å²) >= 11 is 0. The maximum atomic E-state index is 11.5. The Kier molecular flexibility index (Phi) is 4.24. The predicted octanol–water partition coefficient (Wildman–Crippen LogP) is 2.41. The van der Waals surface area contributed by atoms with Gasteiger partial charge in [0.05, 0.1) is 29.2 Å². The fourth-order valence-corrected chi connectivity index (χ4v) is 3.32. The van der Waals surface area contributed by atoms with Crippen LogP contribution in [0.3, 0.4) is 0 Å². The summed E-state index contributed by atoms with van der Waals surface area (Å²) in [4.78, 5) is 20.7. The summed E-state index contributed by atoms with van der Waals surface area (Å²) in [5.74, 6) is 0.667.